The molecule has 2 N–H and O–H groups in total. The van der Waals surface area contributed by atoms with Gasteiger partial charge in [0.1, 0.15) is 0 Å². The number of nitrogens with one attached hydrogen (secondary N) is 1. The first-order valence-corrected chi connectivity index (χ1v) is 6.08. The van der Waals surface area contributed by atoms with Gasteiger partial charge in [0.25, 0.3) is 0 Å². The fourth-order valence-electron chi connectivity index (χ4n) is 2.13. The van der Waals surface area contributed by atoms with Gasteiger partial charge in [-0.2, -0.15) is 0 Å². The van der Waals surface area contributed by atoms with Crippen molar-refractivity contribution in [2.24, 2.45) is 5.92 Å². The molecule has 0 amide bonds. The molecule has 98 valence electrons. The van der Waals surface area contributed by atoms with Gasteiger partial charge in [0.2, 0.25) is 0 Å². The van der Waals surface area contributed by atoms with Crippen LogP contribution in [0.4, 0.5) is 4.39 Å². The van der Waals surface area contributed by atoms with Crippen molar-refractivity contribution in [3.05, 3.63) is 41.7 Å². The Morgan fingerprint density at radius 3 is 2.89 bits per heavy atom. The van der Waals surface area contributed by atoms with Crippen molar-refractivity contribution in [1.29, 1.82) is 0 Å². The minimum absolute atomic E-state index is 0.186. The van der Waals surface area contributed by atoms with Crippen LogP contribution in [0.25, 0.3) is 0 Å². The maximum absolute atomic E-state index is 13.5. The molecule has 1 aliphatic rings. The van der Waals surface area contributed by atoms with Gasteiger partial charge >= 0.3 is 0 Å². The SMILES string of the molecule is COc1ccc(CN[C@@H]2C=C[C@H](CO)C2)cc1F. The average molecular weight is 251 g/mol. The number of hydrogen-bond donors (Lipinski definition) is 2. The lowest BCUT2D eigenvalue weighted by molar-refractivity contribution is 0.246. The van der Waals surface area contributed by atoms with Crippen molar-refractivity contribution in [2.45, 2.75) is 19.0 Å². The number of aliphatic hydroxyl groups excluding tert-OH is 1. The first-order valence-electron chi connectivity index (χ1n) is 6.08. The first kappa shape index (κ1) is 13.1. The topological polar surface area (TPSA) is 41.5 Å². The highest BCUT2D eigenvalue weighted by Crippen LogP contribution is 2.19. The molecule has 0 fully saturated rings. The molecule has 1 aliphatic carbocycles. The largest absolute Gasteiger partial charge is 0.494 e. The van der Waals surface area contributed by atoms with E-state index in [-0.39, 0.29) is 30.1 Å². The molecule has 0 heterocycles. The number of methoxy groups -OCH3 is 1. The standard InChI is InChI=1S/C14H18FNO2/c1-18-14-5-3-10(7-13(14)15)8-16-12-4-2-11(6-12)9-17/h2-5,7,11-12,16-17H,6,8-9H2,1H3/t11-,12+/m0/s1. The summed E-state index contributed by atoms with van der Waals surface area (Å²) in [6, 6.07) is 5.21. The molecule has 0 aromatic heterocycles. The van der Waals surface area contributed by atoms with Crippen molar-refractivity contribution in [2.75, 3.05) is 13.7 Å². The van der Waals surface area contributed by atoms with Gasteiger partial charge in [-0.1, -0.05) is 18.2 Å². The van der Waals surface area contributed by atoms with E-state index in [0.29, 0.717) is 6.54 Å². The summed E-state index contributed by atoms with van der Waals surface area (Å²) in [5.74, 6) is 0.168. The maximum Gasteiger partial charge on any atom is 0.165 e. The van der Waals surface area contributed by atoms with Gasteiger partial charge in [-0.15, -0.1) is 0 Å². The van der Waals surface area contributed by atoms with Crippen molar-refractivity contribution in [3.63, 3.8) is 0 Å². The summed E-state index contributed by atoms with van der Waals surface area (Å²) in [5.41, 5.74) is 0.883. The molecule has 0 saturated heterocycles. The smallest absolute Gasteiger partial charge is 0.165 e. The normalized spacial score (nSPS) is 22.4. The zero-order valence-corrected chi connectivity index (χ0v) is 10.4. The zero-order chi connectivity index (χ0) is 13.0. The number of ether oxygens (including phenoxy) is 1. The number of hydrogen-bond acceptors (Lipinski definition) is 3. The Morgan fingerprint density at radius 1 is 1.44 bits per heavy atom. The van der Waals surface area contributed by atoms with Crippen LogP contribution in [0.2, 0.25) is 0 Å². The van der Waals surface area contributed by atoms with Crippen molar-refractivity contribution in [3.8, 4) is 5.75 Å². The van der Waals surface area contributed by atoms with Crippen molar-refractivity contribution < 1.29 is 14.2 Å². The molecule has 0 unspecified atom stereocenters. The minimum atomic E-state index is -0.341. The van der Waals surface area contributed by atoms with Gasteiger partial charge in [0.15, 0.2) is 11.6 Å². The van der Waals surface area contributed by atoms with E-state index in [1.165, 1.54) is 13.2 Å². The molecule has 1 aromatic rings. The van der Waals surface area contributed by atoms with E-state index >= 15 is 0 Å². The second-order valence-corrected chi connectivity index (χ2v) is 4.52. The van der Waals surface area contributed by atoms with Crippen LogP contribution >= 0.6 is 0 Å². The summed E-state index contributed by atoms with van der Waals surface area (Å²) in [6.07, 6.45) is 4.97. The molecular formula is C14H18FNO2. The van der Waals surface area contributed by atoms with Gasteiger partial charge in [0, 0.05) is 25.1 Å². The van der Waals surface area contributed by atoms with E-state index in [9.17, 15) is 4.39 Å². The van der Waals surface area contributed by atoms with Crippen LogP contribution in [0.3, 0.4) is 0 Å². The van der Waals surface area contributed by atoms with Gasteiger partial charge in [0.05, 0.1) is 7.11 Å². The molecule has 0 radical (unpaired) electrons. The van der Waals surface area contributed by atoms with Crippen LogP contribution in [0, 0.1) is 11.7 Å². The Morgan fingerprint density at radius 2 is 2.28 bits per heavy atom. The summed E-state index contributed by atoms with van der Waals surface area (Å²) in [5, 5.41) is 12.3. The first-order chi connectivity index (χ1) is 8.72. The minimum Gasteiger partial charge on any atom is -0.494 e. The fourth-order valence-corrected chi connectivity index (χ4v) is 2.13. The van der Waals surface area contributed by atoms with Gasteiger partial charge in [-0.05, 0) is 24.1 Å². The van der Waals surface area contributed by atoms with E-state index in [2.05, 4.69) is 11.4 Å². The summed E-state index contributed by atoms with van der Waals surface area (Å²) >= 11 is 0. The molecule has 18 heavy (non-hydrogen) atoms. The van der Waals surface area contributed by atoms with E-state index in [1.807, 2.05) is 12.1 Å². The second-order valence-electron chi connectivity index (χ2n) is 4.52. The molecule has 0 spiro atoms. The van der Waals surface area contributed by atoms with E-state index in [0.717, 1.165) is 12.0 Å². The van der Waals surface area contributed by atoms with Crippen LogP contribution in [0.5, 0.6) is 5.75 Å². The van der Waals surface area contributed by atoms with Crippen LogP contribution in [0.15, 0.2) is 30.4 Å². The quantitative estimate of drug-likeness (QED) is 0.785. The Kier molecular flexibility index (Phi) is 4.33. The predicted octanol–water partition coefficient (Wildman–Crippen LogP) is 1.86. The average Bonchev–Trinajstić information content (AvgIpc) is 2.84. The van der Waals surface area contributed by atoms with Crippen LogP contribution in [0.1, 0.15) is 12.0 Å². The fraction of sp³-hybridized carbons (Fsp3) is 0.429. The molecule has 4 heteroatoms. The Balaban J connectivity index is 1.87. The highest BCUT2D eigenvalue weighted by molar-refractivity contribution is 5.29. The lowest BCUT2D eigenvalue weighted by atomic mass is 10.1. The molecule has 1 aromatic carbocycles. The Hall–Kier alpha value is -1.39. The summed E-state index contributed by atoms with van der Waals surface area (Å²) < 4.78 is 18.3. The highest BCUT2D eigenvalue weighted by Gasteiger charge is 2.17. The number of aliphatic hydroxyl groups is 1. The number of halogens is 1. The highest BCUT2D eigenvalue weighted by atomic mass is 19.1. The second kappa shape index (κ2) is 5.98. The molecule has 2 rings (SSSR count). The van der Waals surface area contributed by atoms with Crippen LogP contribution in [-0.4, -0.2) is 24.9 Å². The third-order valence-corrected chi connectivity index (χ3v) is 3.19. The Bertz CT molecular complexity index is 434. The number of rotatable bonds is 5. The van der Waals surface area contributed by atoms with Gasteiger partial charge < -0.3 is 15.2 Å². The maximum atomic E-state index is 13.5. The summed E-state index contributed by atoms with van der Waals surface area (Å²) in [4.78, 5) is 0. The number of benzene rings is 1. The van der Waals surface area contributed by atoms with Gasteiger partial charge in [-0.3, -0.25) is 0 Å². The third kappa shape index (κ3) is 3.09. The van der Waals surface area contributed by atoms with Crippen molar-refractivity contribution >= 4 is 0 Å². The summed E-state index contributed by atoms with van der Waals surface area (Å²) in [6.45, 7) is 0.792. The van der Waals surface area contributed by atoms with Crippen LogP contribution in [-0.2, 0) is 6.54 Å². The van der Waals surface area contributed by atoms with E-state index in [1.54, 1.807) is 6.07 Å². The monoisotopic (exact) mass is 251 g/mol. The van der Waals surface area contributed by atoms with Gasteiger partial charge in [-0.25, -0.2) is 4.39 Å². The molecule has 0 bridgehead atoms. The lowest BCUT2D eigenvalue weighted by Gasteiger charge is -2.13. The Labute approximate surface area is 106 Å². The zero-order valence-electron chi connectivity index (χ0n) is 10.4. The third-order valence-electron chi connectivity index (χ3n) is 3.19. The summed E-state index contributed by atoms with van der Waals surface area (Å²) in [7, 11) is 1.45. The molecule has 0 saturated carbocycles. The van der Waals surface area contributed by atoms with Crippen molar-refractivity contribution in [1.82, 2.24) is 5.32 Å². The van der Waals surface area contributed by atoms with E-state index in [4.69, 9.17) is 9.84 Å². The molecular weight excluding hydrogens is 233 g/mol. The van der Waals surface area contributed by atoms with E-state index < -0.39 is 0 Å². The van der Waals surface area contributed by atoms with Crippen LogP contribution < -0.4 is 10.1 Å². The predicted molar refractivity (Wildman–Crippen MR) is 67.9 cm³/mol. The molecule has 3 nitrogen and oxygen atoms in total. The molecule has 2 atom stereocenters. The lowest BCUT2D eigenvalue weighted by Crippen LogP contribution is -2.26. The molecule has 0 aliphatic heterocycles.